The highest BCUT2D eigenvalue weighted by atomic mass is 32.2. The minimum absolute atomic E-state index is 0.0421. The van der Waals surface area contributed by atoms with E-state index in [9.17, 15) is 23.1 Å². The molecule has 1 N–H and O–H groups in total. The Balaban J connectivity index is 1.16. The number of β-amino-alcohol motifs (C(OH)–C–C–N with tert-alkyl or cyclic N) is 1. The molecular formula is C25H26N2O6S. The Bertz CT molecular complexity index is 1310. The van der Waals surface area contributed by atoms with Crippen molar-refractivity contribution >= 4 is 27.7 Å². The summed E-state index contributed by atoms with van der Waals surface area (Å²) in [5.41, 5.74) is 4.20. The molecule has 0 unspecified atom stereocenters. The smallest absolute Gasteiger partial charge is 0.338 e. The number of fused-ring (bicyclic) bond motifs is 2. The first-order chi connectivity index (χ1) is 16.2. The van der Waals surface area contributed by atoms with Gasteiger partial charge >= 0.3 is 5.97 Å². The Labute approximate surface area is 198 Å². The summed E-state index contributed by atoms with van der Waals surface area (Å²) in [7, 11) is -3.37. The highest BCUT2D eigenvalue weighted by molar-refractivity contribution is 7.94. The van der Waals surface area contributed by atoms with E-state index in [4.69, 9.17) is 4.74 Å². The van der Waals surface area contributed by atoms with Gasteiger partial charge in [-0.05, 0) is 47.9 Å². The number of ketones is 1. The molecule has 3 heterocycles. The summed E-state index contributed by atoms with van der Waals surface area (Å²) >= 11 is 0. The second-order valence-electron chi connectivity index (χ2n) is 9.00. The van der Waals surface area contributed by atoms with Crippen molar-refractivity contribution in [3.8, 4) is 0 Å². The lowest BCUT2D eigenvalue weighted by molar-refractivity contribution is 0.0534. The van der Waals surface area contributed by atoms with Gasteiger partial charge < -0.3 is 9.84 Å². The lowest BCUT2D eigenvalue weighted by Crippen LogP contribution is -2.48. The third-order valence-electron chi connectivity index (χ3n) is 6.90. The summed E-state index contributed by atoms with van der Waals surface area (Å²) in [4.78, 5) is 29.0. The molecule has 0 aliphatic carbocycles. The van der Waals surface area contributed by atoms with Crippen molar-refractivity contribution in [2.75, 3.05) is 39.3 Å². The first kappa shape index (κ1) is 22.9. The van der Waals surface area contributed by atoms with E-state index in [1.54, 1.807) is 24.3 Å². The number of aliphatic hydroxyl groups excluding tert-OH is 1. The number of esters is 1. The van der Waals surface area contributed by atoms with Crippen molar-refractivity contribution in [1.82, 2.24) is 9.80 Å². The molecule has 2 aromatic carbocycles. The van der Waals surface area contributed by atoms with Crippen LogP contribution in [0.25, 0.3) is 6.08 Å². The number of ether oxygens (including phenoxy) is 1. The van der Waals surface area contributed by atoms with Crippen molar-refractivity contribution in [1.29, 1.82) is 0 Å². The highest BCUT2D eigenvalue weighted by Crippen LogP contribution is 2.30. The number of sulfone groups is 1. The average molecular weight is 483 g/mol. The molecule has 178 valence electrons. The molecule has 0 radical (unpaired) electrons. The molecule has 34 heavy (non-hydrogen) atoms. The SMILES string of the molecule is Cc1c([C@@H](O)CN2CCN(CC(=O)c3ccc4c(c3)C=CS4(=O)=O)CC2)ccc2c1COC2=O. The minimum Gasteiger partial charge on any atom is -0.457 e. The van der Waals surface area contributed by atoms with Gasteiger partial charge in [-0.25, -0.2) is 13.2 Å². The molecule has 0 spiro atoms. The average Bonchev–Trinajstić information content (AvgIpc) is 3.34. The minimum atomic E-state index is -3.37. The monoisotopic (exact) mass is 482 g/mol. The van der Waals surface area contributed by atoms with E-state index in [1.807, 2.05) is 6.92 Å². The fraction of sp³-hybridized carbons (Fsp3) is 0.360. The van der Waals surface area contributed by atoms with Crippen LogP contribution in [0.2, 0.25) is 0 Å². The fourth-order valence-corrected chi connectivity index (χ4v) is 6.03. The van der Waals surface area contributed by atoms with Crippen LogP contribution in [0.5, 0.6) is 0 Å². The summed E-state index contributed by atoms with van der Waals surface area (Å²) in [6, 6.07) is 8.25. The highest BCUT2D eigenvalue weighted by Gasteiger charge is 2.28. The maximum absolute atomic E-state index is 12.8. The zero-order valence-electron chi connectivity index (χ0n) is 18.9. The summed E-state index contributed by atoms with van der Waals surface area (Å²) in [5, 5.41) is 12.0. The van der Waals surface area contributed by atoms with Gasteiger partial charge in [-0.3, -0.25) is 14.6 Å². The number of carbonyl (C=O) groups excluding carboxylic acids is 2. The van der Waals surface area contributed by atoms with Gasteiger partial charge in [0, 0.05) is 49.3 Å². The van der Waals surface area contributed by atoms with E-state index in [1.165, 1.54) is 12.1 Å². The van der Waals surface area contributed by atoms with Gasteiger partial charge in [-0.2, -0.15) is 0 Å². The van der Waals surface area contributed by atoms with Crippen molar-refractivity contribution in [3.05, 3.63) is 69.1 Å². The molecule has 3 aliphatic heterocycles. The first-order valence-electron chi connectivity index (χ1n) is 11.3. The predicted molar refractivity (Wildman–Crippen MR) is 125 cm³/mol. The van der Waals surface area contributed by atoms with Gasteiger partial charge in [0.25, 0.3) is 0 Å². The fourth-order valence-electron chi connectivity index (χ4n) is 4.84. The Morgan fingerprint density at radius 2 is 1.85 bits per heavy atom. The molecule has 1 saturated heterocycles. The molecule has 0 aromatic heterocycles. The summed E-state index contributed by atoms with van der Waals surface area (Å²) in [5.74, 6) is -0.356. The molecule has 9 heteroatoms. The number of aliphatic hydroxyl groups is 1. The molecular weight excluding hydrogens is 456 g/mol. The zero-order valence-corrected chi connectivity index (χ0v) is 19.7. The van der Waals surface area contributed by atoms with Crippen molar-refractivity contribution < 1.29 is 27.9 Å². The van der Waals surface area contributed by atoms with E-state index < -0.39 is 15.9 Å². The molecule has 5 rings (SSSR count). The molecule has 2 aromatic rings. The van der Waals surface area contributed by atoms with Gasteiger partial charge in [0.15, 0.2) is 15.6 Å². The van der Waals surface area contributed by atoms with Crippen molar-refractivity contribution in [2.45, 2.75) is 24.5 Å². The van der Waals surface area contributed by atoms with Crippen LogP contribution in [-0.2, 0) is 21.2 Å². The molecule has 0 bridgehead atoms. The second-order valence-corrected chi connectivity index (χ2v) is 10.8. The van der Waals surface area contributed by atoms with E-state index in [0.29, 0.717) is 36.3 Å². The first-order valence-corrected chi connectivity index (χ1v) is 12.8. The van der Waals surface area contributed by atoms with Crippen LogP contribution < -0.4 is 0 Å². The molecule has 8 nitrogen and oxygen atoms in total. The molecule has 0 saturated carbocycles. The third kappa shape index (κ3) is 4.20. The van der Waals surface area contributed by atoms with Crippen LogP contribution in [0, 0.1) is 6.92 Å². The van der Waals surface area contributed by atoms with Crippen LogP contribution in [0.3, 0.4) is 0 Å². The Morgan fingerprint density at radius 3 is 2.62 bits per heavy atom. The topological polar surface area (TPSA) is 104 Å². The number of benzene rings is 2. The molecule has 3 aliphatic rings. The third-order valence-corrected chi connectivity index (χ3v) is 8.37. The molecule has 1 fully saturated rings. The largest absolute Gasteiger partial charge is 0.457 e. The lowest BCUT2D eigenvalue weighted by atomic mass is 9.95. The second kappa shape index (κ2) is 8.74. The van der Waals surface area contributed by atoms with Gasteiger partial charge in [0.1, 0.15) is 6.61 Å². The Kier molecular flexibility index (Phi) is 5.89. The summed E-state index contributed by atoms with van der Waals surface area (Å²) in [6.45, 7) is 5.75. The number of piperazine rings is 1. The number of carbonyl (C=O) groups is 2. The predicted octanol–water partition coefficient (Wildman–Crippen LogP) is 1.96. The molecule has 0 amide bonds. The summed E-state index contributed by atoms with van der Waals surface area (Å²) in [6.07, 6.45) is 0.851. The van der Waals surface area contributed by atoms with Crippen LogP contribution in [0.15, 0.2) is 40.6 Å². The van der Waals surface area contributed by atoms with E-state index in [2.05, 4.69) is 9.80 Å². The van der Waals surface area contributed by atoms with Crippen LogP contribution in [0.1, 0.15) is 49.1 Å². The normalized spacial score (nSPS) is 20.1. The molecule has 1 atom stereocenters. The maximum Gasteiger partial charge on any atom is 0.338 e. The van der Waals surface area contributed by atoms with E-state index >= 15 is 0 Å². The zero-order chi connectivity index (χ0) is 24.0. The van der Waals surface area contributed by atoms with Crippen LogP contribution >= 0.6 is 0 Å². The van der Waals surface area contributed by atoms with E-state index in [0.717, 1.165) is 35.2 Å². The Hall–Kier alpha value is -2.85. The van der Waals surface area contributed by atoms with E-state index in [-0.39, 0.29) is 29.8 Å². The summed E-state index contributed by atoms with van der Waals surface area (Å²) < 4.78 is 28.9. The number of rotatable bonds is 6. The number of Topliss-reactive ketones (excluding diaryl/α,β-unsaturated/α-hetero) is 1. The lowest BCUT2D eigenvalue weighted by Gasteiger charge is -2.35. The van der Waals surface area contributed by atoms with Crippen LogP contribution in [0.4, 0.5) is 0 Å². The number of cyclic esters (lactones) is 1. The van der Waals surface area contributed by atoms with Gasteiger partial charge in [-0.1, -0.05) is 12.1 Å². The van der Waals surface area contributed by atoms with Crippen molar-refractivity contribution in [2.24, 2.45) is 0 Å². The van der Waals surface area contributed by atoms with Gasteiger partial charge in [-0.15, -0.1) is 0 Å². The van der Waals surface area contributed by atoms with Gasteiger partial charge in [0.2, 0.25) is 0 Å². The van der Waals surface area contributed by atoms with Gasteiger partial charge in [0.05, 0.1) is 23.1 Å². The quantitative estimate of drug-likeness (QED) is 0.492. The number of hydrogen-bond acceptors (Lipinski definition) is 8. The number of nitrogens with zero attached hydrogens (tertiary/aromatic N) is 2. The number of hydrogen-bond donors (Lipinski definition) is 1. The van der Waals surface area contributed by atoms with Crippen LogP contribution in [-0.4, -0.2) is 74.3 Å². The Morgan fingerprint density at radius 1 is 1.12 bits per heavy atom. The van der Waals surface area contributed by atoms with Crippen molar-refractivity contribution in [3.63, 3.8) is 0 Å². The standard InChI is InChI=1S/C25H26N2O6S/c1-16-19(3-4-20-21(16)15-33-25(20)30)23(29)14-27-9-7-26(8-10-27)13-22(28)17-2-5-24-18(12-17)6-11-34(24,31)32/h2-6,11-12,23,29H,7-10,13-15H2,1H3/t23-/m0/s1. The maximum atomic E-state index is 12.8.